The number of pyridine rings is 1. The van der Waals surface area contributed by atoms with Gasteiger partial charge in [-0.2, -0.15) is 0 Å². The molecule has 0 bridgehead atoms. The number of ether oxygens (including phenoxy) is 2. The molecule has 3 aliphatic rings. The quantitative estimate of drug-likeness (QED) is 0.834. The van der Waals surface area contributed by atoms with E-state index in [1.54, 1.807) is 12.4 Å². The van der Waals surface area contributed by atoms with Crippen LogP contribution in [-0.2, 0) is 4.74 Å². The maximum atomic E-state index is 12.7. The molecule has 3 aliphatic heterocycles. The molecular formula is C18H25N3O3. The Labute approximate surface area is 142 Å². The molecule has 2 atom stereocenters. The van der Waals surface area contributed by atoms with Gasteiger partial charge in [0, 0.05) is 32.3 Å². The lowest BCUT2D eigenvalue weighted by molar-refractivity contribution is -0.0442. The third-order valence-corrected chi connectivity index (χ3v) is 5.30. The van der Waals surface area contributed by atoms with Crippen molar-refractivity contribution in [1.29, 1.82) is 0 Å². The van der Waals surface area contributed by atoms with Crippen molar-refractivity contribution in [1.82, 2.24) is 14.8 Å². The number of hydrogen-bond donors (Lipinski definition) is 0. The molecule has 3 fully saturated rings. The lowest BCUT2D eigenvalue weighted by atomic mass is 9.89. The molecule has 0 aliphatic carbocycles. The predicted molar refractivity (Wildman–Crippen MR) is 89.0 cm³/mol. The van der Waals surface area contributed by atoms with Gasteiger partial charge in [0.1, 0.15) is 11.9 Å². The van der Waals surface area contributed by atoms with E-state index in [-0.39, 0.29) is 17.7 Å². The number of likely N-dealkylation sites (tertiary alicyclic amines) is 2. The van der Waals surface area contributed by atoms with Crippen molar-refractivity contribution in [2.75, 3.05) is 32.8 Å². The Kier molecular flexibility index (Phi) is 4.31. The van der Waals surface area contributed by atoms with Crippen LogP contribution in [0.4, 0.5) is 4.79 Å². The van der Waals surface area contributed by atoms with Gasteiger partial charge >= 0.3 is 6.03 Å². The van der Waals surface area contributed by atoms with E-state index >= 15 is 0 Å². The van der Waals surface area contributed by atoms with E-state index in [1.165, 1.54) is 0 Å². The molecular weight excluding hydrogens is 306 g/mol. The van der Waals surface area contributed by atoms with E-state index < -0.39 is 0 Å². The highest BCUT2D eigenvalue weighted by Crippen LogP contribution is 2.36. The van der Waals surface area contributed by atoms with Gasteiger partial charge in [-0.3, -0.25) is 4.98 Å². The maximum absolute atomic E-state index is 12.7. The summed E-state index contributed by atoms with van der Waals surface area (Å²) in [4.78, 5) is 20.7. The van der Waals surface area contributed by atoms with Gasteiger partial charge in [-0.05, 0) is 37.8 Å². The average Bonchev–Trinajstić information content (AvgIpc) is 3.26. The summed E-state index contributed by atoms with van der Waals surface area (Å²) in [6, 6.07) is 3.98. The molecule has 1 aromatic rings. The van der Waals surface area contributed by atoms with Crippen LogP contribution < -0.4 is 4.74 Å². The lowest BCUT2D eigenvalue weighted by Gasteiger charge is -2.40. The number of urea groups is 1. The third kappa shape index (κ3) is 3.20. The molecule has 1 spiro atoms. The Balaban J connectivity index is 1.37. The largest absolute Gasteiger partial charge is 0.486 e. The summed E-state index contributed by atoms with van der Waals surface area (Å²) >= 11 is 0. The van der Waals surface area contributed by atoms with Gasteiger partial charge in [-0.1, -0.05) is 0 Å². The van der Waals surface area contributed by atoms with Gasteiger partial charge in [0.15, 0.2) is 0 Å². The van der Waals surface area contributed by atoms with Gasteiger partial charge in [-0.25, -0.2) is 4.79 Å². The molecule has 130 valence electrons. The Morgan fingerprint density at radius 1 is 1.25 bits per heavy atom. The van der Waals surface area contributed by atoms with Gasteiger partial charge in [0.05, 0.1) is 24.9 Å². The van der Waals surface area contributed by atoms with Crippen molar-refractivity contribution in [2.45, 2.75) is 43.8 Å². The Morgan fingerprint density at radius 3 is 2.88 bits per heavy atom. The predicted octanol–water partition coefficient (Wildman–Crippen LogP) is 2.30. The van der Waals surface area contributed by atoms with E-state index in [9.17, 15) is 4.79 Å². The van der Waals surface area contributed by atoms with Crippen LogP contribution in [0.3, 0.4) is 0 Å². The minimum Gasteiger partial charge on any atom is -0.486 e. The fourth-order valence-electron chi connectivity index (χ4n) is 4.14. The second-order valence-corrected chi connectivity index (χ2v) is 7.13. The second-order valence-electron chi connectivity index (χ2n) is 7.13. The fraction of sp³-hybridized carbons (Fsp3) is 0.667. The molecule has 0 unspecified atom stereocenters. The van der Waals surface area contributed by atoms with Crippen LogP contribution in [-0.4, -0.2) is 65.3 Å². The SMILES string of the molecule is O=C(N1CCCC1)N1CCC[C@]2(C[C@H](Oc3cccnc3)CO2)C1. The summed E-state index contributed by atoms with van der Waals surface area (Å²) in [5.74, 6) is 0.781. The lowest BCUT2D eigenvalue weighted by Crippen LogP contribution is -2.53. The second kappa shape index (κ2) is 6.59. The first-order valence-electron chi connectivity index (χ1n) is 8.99. The number of piperidine rings is 1. The zero-order chi connectivity index (χ0) is 16.4. The summed E-state index contributed by atoms with van der Waals surface area (Å²) in [6.45, 7) is 3.91. The van der Waals surface area contributed by atoms with Crippen LogP contribution in [0.1, 0.15) is 32.1 Å². The van der Waals surface area contributed by atoms with E-state index in [0.717, 1.165) is 57.5 Å². The van der Waals surface area contributed by atoms with Crippen molar-refractivity contribution >= 4 is 6.03 Å². The zero-order valence-corrected chi connectivity index (χ0v) is 14.0. The Hall–Kier alpha value is -1.82. The topological polar surface area (TPSA) is 54.9 Å². The van der Waals surface area contributed by atoms with Gasteiger partial charge in [0.25, 0.3) is 0 Å². The van der Waals surface area contributed by atoms with Crippen molar-refractivity contribution in [3.63, 3.8) is 0 Å². The standard InChI is InChI=1S/C18H25N3O3/c22-17(20-8-1-2-9-20)21-10-4-6-18(14-21)11-16(13-23-18)24-15-5-3-7-19-12-15/h3,5,7,12,16H,1-2,4,6,8-11,13-14H2/t16-,18-/m0/s1. The summed E-state index contributed by atoms with van der Waals surface area (Å²) in [5.41, 5.74) is -0.236. The van der Waals surface area contributed by atoms with E-state index in [2.05, 4.69) is 4.98 Å². The smallest absolute Gasteiger partial charge is 0.320 e. The highest BCUT2D eigenvalue weighted by Gasteiger charge is 2.46. The molecule has 2 amide bonds. The molecule has 3 saturated heterocycles. The summed E-state index contributed by atoms with van der Waals surface area (Å²) in [5, 5.41) is 0. The summed E-state index contributed by atoms with van der Waals surface area (Å²) < 4.78 is 12.1. The summed E-state index contributed by atoms with van der Waals surface area (Å²) in [6.07, 6.45) is 8.60. The van der Waals surface area contributed by atoms with Crippen molar-refractivity contribution in [2.24, 2.45) is 0 Å². The number of amides is 2. The molecule has 0 aromatic carbocycles. The first-order chi connectivity index (χ1) is 11.7. The molecule has 0 saturated carbocycles. The average molecular weight is 331 g/mol. The first kappa shape index (κ1) is 15.7. The first-order valence-corrected chi connectivity index (χ1v) is 8.99. The van der Waals surface area contributed by atoms with E-state index in [1.807, 2.05) is 21.9 Å². The monoisotopic (exact) mass is 331 g/mol. The molecule has 1 aromatic heterocycles. The summed E-state index contributed by atoms with van der Waals surface area (Å²) in [7, 11) is 0. The van der Waals surface area contributed by atoms with Crippen molar-refractivity contribution < 1.29 is 14.3 Å². The van der Waals surface area contributed by atoms with Crippen LogP contribution >= 0.6 is 0 Å². The number of aromatic nitrogens is 1. The van der Waals surface area contributed by atoms with Gasteiger partial charge in [0.2, 0.25) is 0 Å². The highest BCUT2D eigenvalue weighted by molar-refractivity contribution is 5.75. The van der Waals surface area contributed by atoms with Crippen LogP contribution in [0.15, 0.2) is 24.5 Å². The van der Waals surface area contributed by atoms with Crippen LogP contribution in [0.2, 0.25) is 0 Å². The Bertz CT molecular complexity index is 576. The Morgan fingerprint density at radius 2 is 2.08 bits per heavy atom. The van der Waals surface area contributed by atoms with Crippen LogP contribution in [0, 0.1) is 0 Å². The number of hydrogen-bond acceptors (Lipinski definition) is 4. The molecule has 0 N–H and O–H groups in total. The molecule has 4 rings (SSSR count). The zero-order valence-electron chi connectivity index (χ0n) is 14.0. The van der Waals surface area contributed by atoms with Crippen molar-refractivity contribution in [3.8, 4) is 5.75 Å². The maximum Gasteiger partial charge on any atom is 0.320 e. The number of rotatable bonds is 2. The highest BCUT2D eigenvalue weighted by atomic mass is 16.6. The van der Waals surface area contributed by atoms with Crippen LogP contribution in [0.5, 0.6) is 5.75 Å². The van der Waals surface area contributed by atoms with E-state index in [4.69, 9.17) is 9.47 Å². The molecule has 0 radical (unpaired) electrons. The molecule has 6 nitrogen and oxygen atoms in total. The number of nitrogens with zero attached hydrogens (tertiary/aromatic N) is 3. The van der Waals surface area contributed by atoms with Crippen molar-refractivity contribution in [3.05, 3.63) is 24.5 Å². The molecule has 24 heavy (non-hydrogen) atoms. The van der Waals surface area contributed by atoms with E-state index in [0.29, 0.717) is 13.2 Å². The van der Waals surface area contributed by atoms with Gasteiger partial charge in [-0.15, -0.1) is 0 Å². The number of carbonyl (C=O) groups excluding carboxylic acids is 1. The van der Waals surface area contributed by atoms with Gasteiger partial charge < -0.3 is 19.3 Å². The minimum absolute atomic E-state index is 0.0380. The normalized spacial score (nSPS) is 30.1. The van der Waals surface area contributed by atoms with Crippen LogP contribution in [0.25, 0.3) is 0 Å². The fourth-order valence-corrected chi connectivity index (χ4v) is 4.14. The molecule has 4 heterocycles. The third-order valence-electron chi connectivity index (χ3n) is 5.30. The minimum atomic E-state index is -0.236. The number of carbonyl (C=O) groups is 1. The molecule has 6 heteroatoms.